The lowest BCUT2D eigenvalue weighted by Crippen LogP contribution is -1.87. The van der Waals surface area contributed by atoms with E-state index in [0.29, 0.717) is 11.6 Å². The molecule has 2 heterocycles. The van der Waals surface area contributed by atoms with E-state index in [9.17, 15) is 0 Å². The molecule has 0 aliphatic carbocycles. The molecule has 0 radical (unpaired) electrons. The van der Waals surface area contributed by atoms with Crippen molar-refractivity contribution in [2.75, 3.05) is 0 Å². The molecular weight excluding hydrogens is 130 g/mol. The first kappa shape index (κ1) is 5.34. The number of aryl methyl sites for hydroxylation is 1. The van der Waals surface area contributed by atoms with E-state index < -0.39 is 0 Å². The molecule has 0 spiro atoms. The Hall–Kier alpha value is -1.45. The predicted molar refractivity (Wildman–Crippen MR) is 33.5 cm³/mol. The zero-order valence-electron chi connectivity index (χ0n) is 5.40. The van der Waals surface area contributed by atoms with E-state index in [1.165, 1.54) is 0 Å². The van der Waals surface area contributed by atoms with E-state index >= 15 is 0 Å². The maximum atomic E-state index is 4.80. The van der Waals surface area contributed by atoms with Crippen LogP contribution < -0.4 is 0 Å². The van der Waals surface area contributed by atoms with Gasteiger partial charge >= 0.3 is 0 Å². The summed E-state index contributed by atoms with van der Waals surface area (Å²) in [5.74, 6) is 0.556. The number of hydrogen-bond donors (Lipinski definition) is 0. The highest BCUT2D eigenvalue weighted by molar-refractivity contribution is 5.51. The maximum absolute atomic E-state index is 4.80. The van der Waals surface area contributed by atoms with Crippen LogP contribution in [-0.4, -0.2) is 15.1 Å². The summed E-state index contributed by atoms with van der Waals surface area (Å²) in [5, 5.41) is 3.74. The summed E-state index contributed by atoms with van der Waals surface area (Å²) in [6.07, 6.45) is 3.27. The van der Waals surface area contributed by atoms with Crippen molar-refractivity contribution in [1.82, 2.24) is 15.1 Å². The van der Waals surface area contributed by atoms with Gasteiger partial charge in [-0.1, -0.05) is 5.16 Å². The quantitative estimate of drug-likeness (QED) is 0.538. The van der Waals surface area contributed by atoms with E-state index in [0.717, 1.165) is 5.69 Å². The molecule has 10 heavy (non-hydrogen) atoms. The van der Waals surface area contributed by atoms with Crippen LogP contribution in [0, 0.1) is 6.92 Å². The SMILES string of the molecule is Cc1nc2cncc-2no1. The highest BCUT2D eigenvalue weighted by Gasteiger charge is 2.06. The van der Waals surface area contributed by atoms with Crippen LogP contribution in [0.15, 0.2) is 16.9 Å². The summed E-state index contributed by atoms with van der Waals surface area (Å²) in [5.41, 5.74) is 1.48. The summed E-state index contributed by atoms with van der Waals surface area (Å²) >= 11 is 0. The summed E-state index contributed by atoms with van der Waals surface area (Å²) in [7, 11) is 0. The minimum absolute atomic E-state index is 0.556. The van der Waals surface area contributed by atoms with Crippen LogP contribution in [0.3, 0.4) is 0 Å². The van der Waals surface area contributed by atoms with Gasteiger partial charge in [-0.25, -0.2) is 4.98 Å². The molecule has 4 nitrogen and oxygen atoms in total. The Balaban J connectivity index is 2.75. The van der Waals surface area contributed by atoms with Crippen molar-refractivity contribution in [3.63, 3.8) is 0 Å². The Kier molecular flexibility index (Phi) is 0.943. The fraction of sp³-hybridized carbons (Fsp3) is 0.167. The molecular formula is C6H5N3O. The van der Waals surface area contributed by atoms with Crippen molar-refractivity contribution in [2.24, 2.45) is 0 Å². The van der Waals surface area contributed by atoms with Crippen molar-refractivity contribution in [1.29, 1.82) is 0 Å². The van der Waals surface area contributed by atoms with Crippen molar-refractivity contribution in [3.05, 3.63) is 18.3 Å². The Morgan fingerprint density at radius 2 is 2.10 bits per heavy atom. The van der Waals surface area contributed by atoms with Gasteiger partial charge in [0.1, 0.15) is 11.4 Å². The predicted octanol–water partition coefficient (Wildman–Crippen LogP) is 0.878. The molecule has 0 unspecified atom stereocenters. The summed E-state index contributed by atoms with van der Waals surface area (Å²) in [6.45, 7) is 1.75. The van der Waals surface area contributed by atoms with E-state index in [1.54, 1.807) is 19.3 Å². The fourth-order valence-corrected chi connectivity index (χ4v) is 0.772. The van der Waals surface area contributed by atoms with Crippen molar-refractivity contribution >= 4 is 0 Å². The third-order valence-corrected chi connectivity index (χ3v) is 1.21. The second-order valence-electron chi connectivity index (χ2n) is 1.99. The minimum atomic E-state index is 0.556. The number of nitrogens with zero attached hydrogens (tertiary/aromatic N) is 3. The molecule has 0 amide bonds. The zero-order valence-corrected chi connectivity index (χ0v) is 5.40. The summed E-state index contributed by atoms with van der Waals surface area (Å²) < 4.78 is 4.80. The van der Waals surface area contributed by atoms with Gasteiger partial charge in [0.15, 0.2) is 0 Å². The number of fused-ring (bicyclic) bond motifs is 1. The molecule has 4 heteroatoms. The first-order valence-electron chi connectivity index (χ1n) is 2.90. The third kappa shape index (κ3) is 0.655. The van der Waals surface area contributed by atoms with E-state index in [4.69, 9.17) is 4.52 Å². The molecule has 0 atom stereocenters. The smallest absolute Gasteiger partial charge is 0.222 e. The fourth-order valence-electron chi connectivity index (χ4n) is 0.772. The molecule has 0 saturated heterocycles. The largest absolute Gasteiger partial charge is 0.341 e. The standard InChI is InChI=1S/C6H5N3O/c1-4-8-5-2-7-3-6(5)9-10-4/h2-3H,1H3. The van der Waals surface area contributed by atoms with Crippen LogP contribution in [0.4, 0.5) is 0 Å². The molecule has 0 aromatic carbocycles. The number of rotatable bonds is 0. The van der Waals surface area contributed by atoms with Crippen LogP contribution in [0.2, 0.25) is 0 Å². The van der Waals surface area contributed by atoms with Crippen molar-refractivity contribution in [3.8, 4) is 11.4 Å². The highest BCUT2D eigenvalue weighted by atomic mass is 16.5. The molecule has 0 aromatic heterocycles. The average Bonchev–Trinajstić information content (AvgIpc) is 2.33. The lowest BCUT2D eigenvalue weighted by Gasteiger charge is -1.92. The molecule has 0 aromatic rings. The number of aromatic nitrogens is 3. The van der Waals surface area contributed by atoms with Gasteiger partial charge in [-0.15, -0.1) is 0 Å². The molecule has 50 valence electrons. The van der Waals surface area contributed by atoms with Crippen molar-refractivity contribution in [2.45, 2.75) is 6.92 Å². The molecule has 2 aliphatic rings. The van der Waals surface area contributed by atoms with Gasteiger partial charge in [-0.3, -0.25) is 4.98 Å². The Labute approximate surface area is 57.2 Å². The lowest BCUT2D eigenvalue weighted by atomic mass is 10.4. The van der Waals surface area contributed by atoms with Crippen LogP contribution in [-0.2, 0) is 0 Å². The van der Waals surface area contributed by atoms with E-state index in [-0.39, 0.29) is 0 Å². The second-order valence-corrected chi connectivity index (χ2v) is 1.99. The molecule has 2 aliphatic heterocycles. The zero-order chi connectivity index (χ0) is 6.97. The van der Waals surface area contributed by atoms with Crippen LogP contribution in [0.5, 0.6) is 0 Å². The average molecular weight is 135 g/mol. The van der Waals surface area contributed by atoms with Crippen molar-refractivity contribution < 1.29 is 4.52 Å². The molecule has 0 saturated carbocycles. The van der Waals surface area contributed by atoms with Gasteiger partial charge in [-0.2, -0.15) is 0 Å². The van der Waals surface area contributed by atoms with Gasteiger partial charge < -0.3 is 4.52 Å². The van der Waals surface area contributed by atoms with Crippen LogP contribution >= 0.6 is 0 Å². The Morgan fingerprint density at radius 1 is 1.30 bits per heavy atom. The van der Waals surface area contributed by atoms with E-state index in [2.05, 4.69) is 15.1 Å². The van der Waals surface area contributed by atoms with Gasteiger partial charge in [0.05, 0.1) is 12.4 Å². The van der Waals surface area contributed by atoms with Gasteiger partial charge in [0.25, 0.3) is 0 Å². The maximum Gasteiger partial charge on any atom is 0.222 e. The Bertz CT molecular complexity index is 317. The second kappa shape index (κ2) is 1.76. The van der Waals surface area contributed by atoms with Crippen LogP contribution in [0.1, 0.15) is 5.89 Å². The molecule has 0 bridgehead atoms. The molecule has 2 rings (SSSR count). The third-order valence-electron chi connectivity index (χ3n) is 1.21. The molecule has 0 fully saturated rings. The summed E-state index contributed by atoms with van der Waals surface area (Å²) in [6, 6.07) is 0. The normalized spacial score (nSPS) is 10.5. The minimum Gasteiger partial charge on any atom is -0.341 e. The van der Waals surface area contributed by atoms with Crippen LogP contribution in [0.25, 0.3) is 11.4 Å². The topological polar surface area (TPSA) is 51.8 Å². The van der Waals surface area contributed by atoms with Gasteiger partial charge in [-0.05, 0) is 0 Å². The first-order chi connectivity index (χ1) is 4.86. The van der Waals surface area contributed by atoms with Gasteiger partial charge in [0.2, 0.25) is 5.89 Å². The summed E-state index contributed by atoms with van der Waals surface area (Å²) in [4.78, 5) is 7.90. The van der Waals surface area contributed by atoms with E-state index in [1.807, 2.05) is 0 Å². The Morgan fingerprint density at radius 3 is 3.00 bits per heavy atom. The monoisotopic (exact) mass is 135 g/mol. The number of hydrogen-bond acceptors (Lipinski definition) is 4. The highest BCUT2D eigenvalue weighted by Crippen LogP contribution is 2.13. The first-order valence-corrected chi connectivity index (χ1v) is 2.90. The lowest BCUT2D eigenvalue weighted by molar-refractivity contribution is 0.361. The van der Waals surface area contributed by atoms with Gasteiger partial charge in [0, 0.05) is 6.92 Å². The molecule has 0 N–H and O–H groups in total.